The van der Waals surface area contributed by atoms with Crippen LogP contribution in [0.2, 0.25) is 0 Å². The van der Waals surface area contributed by atoms with Crippen LogP contribution < -0.4 is 5.73 Å². The van der Waals surface area contributed by atoms with E-state index in [-0.39, 0.29) is 11.7 Å². The number of hydrogen-bond donors (Lipinski definition) is 2. The first-order valence-corrected chi connectivity index (χ1v) is 3.89. The van der Waals surface area contributed by atoms with Crippen LogP contribution >= 0.6 is 0 Å². The van der Waals surface area contributed by atoms with Gasteiger partial charge in [-0.25, -0.2) is 4.79 Å². The standard InChI is InChI=1S/C7H11N3O3/c1-4(3-8)2-5-9-6(7(11)12)10-13-5/h4H,2-3,8H2,1H3,(H,11,12). The van der Waals surface area contributed by atoms with E-state index in [9.17, 15) is 4.79 Å². The second-order valence-electron chi connectivity index (χ2n) is 2.86. The van der Waals surface area contributed by atoms with Crippen molar-refractivity contribution in [3.8, 4) is 0 Å². The fourth-order valence-corrected chi connectivity index (χ4v) is 0.806. The molecule has 0 saturated heterocycles. The molecule has 3 N–H and O–H groups in total. The minimum absolute atomic E-state index is 0.210. The Morgan fingerprint density at radius 3 is 2.92 bits per heavy atom. The van der Waals surface area contributed by atoms with Gasteiger partial charge < -0.3 is 15.4 Å². The maximum Gasteiger partial charge on any atom is 0.377 e. The van der Waals surface area contributed by atoms with E-state index in [1.54, 1.807) is 0 Å². The van der Waals surface area contributed by atoms with Gasteiger partial charge in [0.25, 0.3) is 5.82 Å². The van der Waals surface area contributed by atoms with Crippen molar-refractivity contribution >= 4 is 5.97 Å². The summed E-state index contributed by atoms with van der Waals surface area (Å²) in [6.45, 7) is 2.43. The van der Waals surface area contributed by atoms with Crippen LogP contribution in [0.25, 0.3) is 0 Å². The molecule has 0 aliphatic rings. The Bertz CT molecular complexity index is 297. The van der Waals surface area contributed by atoms with Crippen LogP contribution in [-0.4, -0.2) is 27.8 Å². The van der Waals surface area contributed by atoms with Crippen LogP contribution in [0.3, 0.4) is 0 Å². The lowest BCUT2D eigenvalue weighted by atomic mass is 10.1. The van der Waals surface area contributed by atoms with Crippen molar-refractivity contribution in [1.82, 2.24) is 10.1 Å². The van der Waals surface area contributed by atoms with Crippen molar-refractivity contribution < 1.29 is 14.4 Å². The third-order valence-electron chi connectivity index (χ3n) is 1.58. The fourth-order valence-electron chi connectivity index (χ4n) is 0.806. The molecule has 1 heterocycles. The number of carboxylic acid groups (broad SMARTS) is 1. The summed E-state index contributed by atoms with van der Waals surface area (Å²) in [7, 11) is 0. The zero-order valence-corrected chi connectivity index (χ0v) is 7.23. The summed E-state index contributed by atoms with van der Waals surface area (Å²) < 4.78 is 4.70. The minimum atomic E-state index is -1.18. The number of aromatic carboxylic acids is 1. The fraction of sp³-hybridized carbons (Fsp3) is 0.571. The number of hydrogen-bond acceptors (Lipinski definition) is 5. The third kappa shape index (κ3) is 2.51. The first-order chi connectivity index (χ1) is 6.13. The second-order valence-corrected chi connectivity index (χ2v) is 2.86. The van der Waals surface area contributed by atoms with Gasteiger partial charge in [-0.2, -0.15) is 4.98 Å². The van der Waals surface area contributed by atoms with Crippen molar-refractivity contribution in [2.24, 2.45) is 11.7 Å². The molecule has 1 aromatic rings. The molecule has 0 bridgehead atoms. The van der Waals surface area contributed by atoms with Crippen molar-refractivity contribution in [2.75, 3.05) is 6.54 Å². The van der Waals surface area contributed by atoms with E-state index < -0.39 is 5.97 Å². The zero-order valence-electron chi connectivity index (χ0n) is 7.23. The quantitative estimate of drug-likeness (QED) is 0.679. The lowest BCUT2D eigenvalue weighted by molar-refractivity contribution is 0.0680. The molecule has 1 rings (SSSR count). The molecule has 0 saturated carbocycles. The van der Waals surface area contributed by atoms with E-state index in [1.165, 1.54) is 0 Å². The average molecular weight is 185 g/mol. The number of aromatic nitrogens is 2. The van der Waals surface area contributed by atoms with Gasteiger partial charge in [-0.05, 0) is 17.6 Å². The van der Waals surface area contributed by atoms with Crippen LogP contribution in [-0.2, 0) is 6.42 Å². The van der Waals surface area contributed by atoms with Crippen LogP contribution in [0.1, 0.15) is 23.4 Å². The molecule has 1 atom stereocenters. The third-order valence-corrected chi connectivity index (χ3v) is 1.58. The Labute approximate surface area is 74.7 Å². The molecule has 0 amide bonds. The topological polar surface area (TPSA) is 102 Å². The molecule has 6 heteroatoms. The highest BCUT2D eigenvalue weighted by Crippen LogP contribution is 2.04. The van der Waals surface area contributed by atoms with E-state index in [4.69, 9.17) is 15.4 Å². The van der Waals surface area contributed by atoms with Gasteiger partial charge in [0.1, 0.15) is 0 Å². The molecule has 0 aromatic carbocycles. The number of nitrogens with two attached hydrogens (primary N) is 1. The summed E-state index contributed by atoms with van der Waals surface area (Å²) in [5, 5.41) is 11.8. The van der Waals surface area contributed by atoms with Gasteiger partial charge in [0.05, 0.1) is 0 Å². The molecule has 0 aliphatic carbocycles. The maximum atomic E-state index is 10.4. The van der Waals surface area contributed by atoms with E-state index in [0.29, 0.717) is 18.9 Å². The van der Waals surface area contributed by atoms with Crippen molar-refractivity contribution in [1.29, 1.82) is 0 Å². The molecule has 0 fully saturated rings. The Balaban J connectivity index is 2.64. The smallest absolute Gasteiger partial charge is 0.377 e. The van der Waals surface area contributed by atoms with E-state index in [1.807, 2.05) is 6.92 Å². The molecule has 6 nitrogen and oxygen atoms in total. The first-order valence-electron chi connectivity index (χ1n) is 3.89. The molecule has 1 unspecified atom stereocenters. The van der Waals surface area contributed by atoms with Crippen molar-refractivity contribution in [3.05, 3.63) is 11.7 Å². The highest BCUT2D eigenvalue weighted by molar-refractivity contribution is 5.82. The monoisotopic (exact) mass is 185 g/mol. The molecule has 72 valence electrons. The second kappa shape index (κ2) is 3.99. The van der Waals surface area contributed by atoms with Gasteiger partial charge in [0.2, 0.25) is 5.89 Å². The summed E-state index contributed by atoms with van der Waals surface area (Å²) in [5.41, 5.74) is 5.38. The molecular weight excluding hydrogens is 174 g/mol. The Kier molecular flexibility index (Phi) is 2.97. The van der Waals surface area contributed by atoms with E-state index in [2.05, 4.69) is 10.1 Å². The molecule has 13 heavy (non-hydrogen) atoms. The van der Waals surface area contributed by atoms with Gasteiger partial charge in [-0.15, -0.1) is 0 Å². The summed E-state index contributed by atoms with van der Waals surface area (Å²) in [4.78, 5) is 14.0. The summed E-state index contributed by atoms with van der Waals surface area (Å²) >= 11 is 0. The van der Waals surface area contributed by atoms with Gasteiger partial charge in [0, 0.05) is 6.42 Å². The lowest BCUT2D eigenvalue weighted by Gasteiger charge is -2.01. The first kappa shape index (κ1) is 9.66. The average Bonchev–Trinajstić information content (AvgIpc) is 2.52. The van der Waals surface area contributed by atoms with E-state index >= 15 is 0 Å². The zero-order chi connectivity index (χ0) is 9.84. The van der Waals surface area contributed by atoms with Crippen LogP contribution in [0, 0.1) is 5.92 Å². The van der Waals surface area contributed by atoms with Gasteiger partial charge in [-0.3, -0.25) is 0 Å². The molecule has 0 spiro atoms. The van der Waals surface area contributed by atoms with Crippen molar-refractivity contribution in [2.45, 2.75) is 13.3 Å². The molecule has 0 radical (unpaired) electrons. The van der Waals surface area contributed by atoms with Crippen LogP contribution in [0.4, 0.5) is 0 Å². The largest absolute Gasteiger partial charge is 0.475 e. The normalized spacial score (nSPS) is 12.8. The summed E-state index contributed by atoms with van der Waals surface area (Å²) in [6, 6.07) is 0. The van der Waals surface area contributed by atoms with Crippen molar-refractivity contribution in [3.63, 3.8) is 0 Å². The summed E-state index contributed by atoms with van der Waals surface area (Å²) in [5.74, 6) is -0.966. The highest BCUT2D eigenvalue weighted by atomic mass is 16.5. The molecule has 1 aromatic heterocycles. The predicted octanol–water partition coefficient (Wildman–Crippen LogP) is -0.0949. The molecule has 0 aliphatic heterocycles. The maximum absolute atomic E-state index is 10.4. The number of carboxylic acids is 1. The SMILES string of the molecule is CC(CN)Cc1nc(C(=O)O)no1. The highest BCUT2D eigenvalue weighted by Gasteiger charge is 2.14. The Morgan fingerprint density at radius 1 is 1.77 bits per heavy atom. The van der Waals surface area contributed by atoms with Gasteiger partial charge in [0.15, 0.2) is 0 Å². The van der Waals surface area contributed by atoms with Crippen LogP contribution in [0.5, 0.6) is 0 Å². The predicted molar refractivity (Wildman–Crippen MR) is 43.2 cm³/mol. The van der Waals surface area contributed by atoms with Gasteiger partial charge >= 0.3 is 5.97 Å². The Morgan fingerprint density at radius 2 is 2.46 bits per heavy atom. The summed E-state index contributed by atoms with van der Waals surface area (Å²) in [6.07, 6.45) is 0.511. The lowest BCUT2D eigenvalue weighted by Crippen LogP contribution is -2.13. The van der Waals surface area contributed by atoms with Crippen LogP contribution in [0.15, 0.2) is 4.52 Å². The Hall–Kier alpha value is -1.43. The molecular formula is C7H11N3O3. The number of carbonyl (C=O) groups is 1. The van der Waals surface area contributed by atoms with Gasteiger partial charge in [-0.1, -0.05) is 6.92 Å². The number of rotatable bonds is 4. The number of nitrogens with zero attached hydrogens (tertiary/aromatic N) is 2. The van der Waals surface area contributed by atoms with E-state index in [0.717, 1.165) is 0 Å². The minimum Gasteiger partial charge on any atom is -0.475 e.